The van der Waals surface area contributed by atoms with Crippen LogP contribution in [0, 0.1) is 0 Å². The SMILES string of the molecule is CCN(C)c1ccc(CNCc2cccc(NC(=O)c3ccncc3)c2)cn1. The minimum atomic E-state index is -0.143. The van der Waals surface area contributed by atoms with E-state index in [0.717, 1.165) is 35.7 Å². The molecule has 144 valence electrons. The van der Waals surface area contributed by atoms with E-state index in [9.17, 15) is 4.79 Å². The van der Waals surface area contributed by atoms with Crippen LogP contribution in [0.15, 0.2) is 67.1 Å². The number of aromatic nitrogens is 2. The second kappa shape index (κ2) is 9.62. The zero-order valence-electron chi connectivity index (χ0n) is 16.2. The van der Waals surface area contributed by atoms with E-state index in [-0.39, 0.29) is 5.91 Å². The van der Waals surface area contributed by atoms with E-state index < -0.39 is 0 Å². The fourth-order valence-corrected chi connectivity index (χ4v) is 2.73. The molecule has 6 heteroatoms. The van der Waals surface area contributed by atoms with Crippen LogP contribution in [0.4, 0.5) is 11.5 Å². The van der Waals surface area contributed by atoms with Crippen LogP contribution in [0.3, 0.4) is 0 Å². The fraction of sp³-hybridized carbons (Fsp3) is 0.227. The molecule has 1 amide bonds. The van der Waals surface area contributed by atoms with Crippen molar-refractivity contribution in [3.8, 4) is 0 Å². The molecule has 0 aliphatic rings. The Morgan fingerprint density at radius 1 is 1.04 bits per heavy atom. The molecule has 1 aromatic carbocycles. The summed E-state index contributed by atoms with van der Waals surface area (Å²) in [5.41, 5.74) is 3.59. The third-order valence-corrected chi connectivity index (χ3v) is 4.46. The molecule has 2 N–H and O–H groups in total. The first kappa shape index (κ1) is 19.5. The number of carbonyl (C=O) groups is 1. The van der Waals surface area contributed by atoms with Crippen LogP contribution in [0.5, 0.6) is 0 Å². The van der Waals surface area contributed by atoms with Gasteiger partial charge in [-0.1, -0.05) is 18.2 Å². The van der Waals surface area contributed by atoms with Gasteiger partial charge in [-0.3, -0.25) is 9.78 Å². The molecule has 0 saturated heterocycles. The summed E-state index contributed by atoms with van der Waals surface area (Å²) in [6, 6.07) is 15.3. The van der Waals surface area contributed by atoms with Gasteiger partial charge in [0.15, 0.2) is 0 Å². The van der Waals surface area contributed by atoms with Gasteiger partial charge >= 0.3 is 0 Å². The molecule has 0 atom stereocenters. The lowest BCUT2D eigenvalue weighted by atomic mass is 10.2. The Labute approximate surface area is 165 Å². The van der Waals surface area contributed by atoms with Crippen molar-refractivity contribution >= 4 is 17.4 Å². The van der Waals surface area contributed by atoms with Crippen LogP contribution in [0.25, 0.3) is 0 Å². The molecular formula is C22H25N5O. The van der Waals surface area contributed by atoms with Gasteiger partial charge in [0.1, 0.15) is 5.82 Å². The average Bonchev–Trinajstić information content (AvgIpc) is 2.74. The molecule has 0 unspecified atom stereocenters. The number of benzene rings is 1. The van der Waals surface area contributed by atoms with Crippen molar-refractivity contribution in [1.29, 1.82) is 0 Å². The standard InChI is InChI=1S/C22H25N5O/c1-3-27(2)21-8-7-18(16-25-21)15-24-14-17-5-4-6-20(13-17)26-22(28)19-9-11-23-12-10-19/h4-13,16,24H,3,14-15H2,1-2H3,(H,26,28). The summed E-state index contributed by atoms with van der Waals surface area (Å²) in [5, 5.41) is 6.34. The summed E-state index contributed by atoms with van der Waals surface area (Å²) in [5.74, 6) is 0.833. The number of carbonyl (C=O) groups excluding carboxylic acids is 1. The molecule has 0 aliphatic carbocycles. The smallest absolute Gasteiger partial charge is 0.255 e. The number of anilines is 2. The van der Waals surface area contributed by atoms with Gasteiger partial charge in [0.05, 0.1) is 0 Å². The summed E-state index contributed by atoms with van der Waals surface area (Å²) >= 11 is 0. The van der Waals surface area contributed by atoms with Crippen LogP contribution in [0.2, 0.25) is 0 Å². The van der Waals surface area contributed by atoms with Crippen molar-refractivity contribution in [3.05, 3.63) is 83.8 Å². The van der Waals surface area contributed by atoms with E-state index in [1.807, 2.05) is 43.6 Å². The lowest BCUT2D eigenvalue weighted by Crippen LogP contribution is -2.17. The molecule has 0 bridgehead atoms. The Hall–Kier alpha value is -3.25. The van der Waals surface area contributed by atoms with Gasteiger partial charge in [-0.25, -0.2) is 4.98 Å². The molecule has 28 heavy (non-hydrogen) atoms. The largest absolute Gasteiger partial charge is 0.360 e. The minimum absolute atomic E-state index is 0.143. The number of rotatable bonds is 8. The first-order valence-electron chi connectivity index (χ1n) is 9.33. The van der Waals surface area contributed by atoms with E-state index in [0.29, 0.717) is 12.1 Å². The molecule has 0 fully saturated rings. The summed E-state index contributed by atoms with van der Waals surface area (Å²) in [6.45, 7) is 4.47. The second-order valence-electron chi connectivity index (χ2n) is 6.53. The van der Waals surface area contributed by atoms with Gasteiger partial charge in [-0.2, -0.15) is 0 Å². The van der Waals surface area contributed by atoms with Crippen molar-refractivity contribution in [2.24, 2.45) is 0 Å². The van der Waals surface area contributed by atoms with Crippen LogP contribution in [0.1, 0.15) is 28.4 Å². The number of nitrogens with zero attached hydrogens (tertiary/aromatic N) is 3. The van der Waals surface area contributed by atoms with Gasteiger partial charge in [0, 0.05) is 56.5 Å². The van der Waals surface area contributed by atoms with Crippen LogP contribution in [-0.2, 0) is 13.1 Å². The van der Waals surface area contributed by atoms with Crippen molar-refractivity contribution in [2.75, 3.05) is 23.8 Å². The quantitative estimate of drug-likeness (QED) is 0.631. The Kier molecular flexibility index (Phi) is 6.70. The summed E-state index contributed by atoms with van der Waals surface area (Å²) in [4.78, 5) is 22.8. The van der Waals surface area contributed by atoms with E-state index in [2.05, 4.69) is 38.5 Å². The van der Waals surface area contributed by atoms with E-state index in [4.69, 9.17) is 0 Å². The zero-order chi connectivity index (χ0) is 19.8. The van der Waals surface area contributed by atoms with Gasteiger partial charge in [-0.05, 0) is 48.4 Å². The molecule has 2 heterocycles. The molecule has 0 radical (unpaired) electrons. The Bertz CT molecular complexity index is 896. The Morgan fingerprint density at radius 2 is 1.82 bits per heavy atom. The maximum absolute atomic E-state index is 12.3. The van der Waals surface area contributed by atoms with E-state index >= 15 is 0 Å². The summed E-state index contributed by atoms with van der Waals surface area (Å²) in [6.07, 6.45) is 5.12. The molecule has 3 aromatic rings. The number of hydrogen-bond acceptors (Lipinski definition) is 5. The van der Waals surface area contributed by atoms with Crippen LogP contribution in [-0.4, -0.2) is 29.5 Å². The first-order chi connectivity index (χ1) is 13.7. The molecule has 6 nitrogen and oxygen atoms in total. The number of hydrogen-bond donors (Lipinski definition) is 2. The second-order valence-corrected chi connectivity index (χ2v) is 6.53. The monoisotopic (exact) mass is 375 g/mol. The summed E-state index contributed by atoms with van der Waals surface area (Å²) in [7, 11) is 2.03. The number of nitrogens with one attached hydrogen (secondary N) is 2. The maximum atomic E-state index is 12.3. The van der Waals surface area contributed by atoms with Gasteiger partial charge in [-0.15, -0.1) is 0 Å². The summed E-state index contributed by atoms with van der Waals surface area (Å²) < 4.78 is 0. The van der Waals surface area contributed by atoms with Crippen LogP contribution >= 0.6 is 0 Å². The molecule has 0 saturated carbocycles. The zero-order valence-corrected chi connectivity index (χ0v) is 16.2. The average molecular weight is 375 g/mol. The highest BCUT2D eigenvalue weighted by atomic mass is 16.1. The lowest BCUT2D eigenvalue weighted by Gasteiger charge is -2.15. The van der Waals surface area contributed by atoms with E-state index in [1.54, 1.807) is 24.5 Å². The predicted octanol–water partition coefficient (Wildman–Crippen LogP) is 3.47. The van der Waals surface area contributed by atoms with Gasteiger partial charge < -0.3 is 15.5 Å². The van der Waals surface area contributed by atoms with Crippen molar-refractivity contribution in [3.63, 3.8) is 0 Å². The van der Waals surface area contributed by atoms with Crippen LogP contribution < -0.4 is 15.5 Å². The topological polar surface area (TPSA) is 70.2 Å². The normalized spacial score (nSPS) is 10.5. The molecule has 0 aliphatic heterocycles. The molecule has 2 aromatic heterocycles. The van der Waals surface area contributed by atoms with Crippen molar-refractivity contribution < 1.29 is 4.79 Å². The third kappa shape index (κ3) is 5.37. The fourth-order valence-electron chi connectivity index (χ4n) is 2.73. The number of pyridine rings is 2. The first-order valence-corrected chi connectivity index (χ1v) is 9.33. The van der Waals surface area contributed by atoms with Crippen molar-refractivity contribution in [1.82, 2.24) is 15.3 Å². The number of amides is 1. The molecule has 3 rings (SSSR count). The lowest BCUT2D eigenvalue weighted by molar-refractivity contribution is 0.102. The third-order valence-electron chi connectivity index (χ3n) is 4.46. The highest BCUT2D eigenvalue weighted by molar-refractivity contribution is 6.04. The van der Waals surface area contributed by atoms with E-state index in [1.165, 1.54) is 0 Å². The highest BCUT2D eigenvalue weighted by Gasteiger charge is 2.06. The highest BCUT2D eigenvalue weighted by Crippen LogP contribution is 2.13. The Balaban J connectivity index is 1.52. The Morgan fingerprint density at radius 3 is 2.54 bits per heavy atom. The molecule has 0 spiro atoms. The maximum Gasteiger partial charge on any atom is 0.255 e. The molecular weight excluding hydrogens is 350 g/mol. The minimum Gasteiger partial charge on any atom is -0.360 e. The van der Waals surface area contributed by atoms with Gasteiger partial charge in [0.25, 0.3) is 5.91 Å². The van der Waals surface area contributed by atoms with Gasteiger partial charge in [0.2, 0.25) is 0 Å². The van der Waals surface area contributed by atoms with Crippen molar-refractivity contribution in [2.45, 2.75) is 20.0 Å². The predicted molar refractivity (Wildman–Crippen MR) is 112 cm³/mol.